The summed E-state index contributed by atoms with van der Waals surface area (Å²) >= 11 is 0. The summed E-state index contributed by atoms with van der Waals surface area (Å²) in [6.07, 6.45) is 5.91. The topological polar surface area (TPSA) is 120 Å². The maximum Gasteiger partial charge on any atom is 0.378 e. The number of hydrogen-bond donors (Lipinski definition) is 3. The van der Waals surface area contributed by atoms with Gasteiger partial charge in [-0.2, -0.15) is 4.57 Å². The Kier molecular flexibility index (Phi) is 5.27. The molecule has 2 saturated heterocycles. The van der Waals surface area contributed by atoms with Crippen LogP contribution in [0.15, 0.2) is 10.9 Å². The number of ether oxygens (including phenoxy) is 1. The fraction of sp³-hybridized carbons (Fsp3) is 0.565. The highest BCUT2D eigenvalue weighted by Crippen LogP contribution is 2.28. The summed E-state index contributed by atoms with van der Waals surface area (Å²) < 4.78 is 8.44. The predicted octanol–water partition coefficient (Wildman–Crippen LogP) is 0.490. The van der Waals surface area contributed by atoms with Gasteiger partial charge in [0.25, 0.3) is 5.91 Å². The van der Waals surface area contributed by atoms with Gasteiger partial charge >= 0.3 is 17.1 Å². The van der Waals surface area contributed by atoms with Gasteiger partial charge in [0.2, 0.25) is 11.5 Å². The average molecular weight is 457 g/mol. The van der Waals surface area contributed by atoms with Crippen molar-refractivity contribution in [2.45, 2.75) is 64.8 Å². The number of nitrogens with one attached hydrogen (secondary N) is 2. The lowest BCUT2D eigenvalue weighted by molar-refractivity contribution is -0.686. The van der Waals surface area contributed by atoms with E-state index in [1.165, 1.54) is 10.6 Å². The second-order valence-corrected chi connectivity index (χ2v) is 9.73. The summed E-state index contributed by atoms with van der Waals surface area (Å²) in [6, 6.07) is 0.165. The van der Waals surface area contributed by atoms with Gasteiger partial charge in [0.15, 0.2) is 0 Å². The first-order chi connectivity index (χ1) is 15.7. The van der Waals surface area contributed by atoms with Gasteiger partial charge in [-0.1, -0.05) is 18.4 Å². The number of aryl methyl sites for hydroxylation is 1. The number of hydrogen-bond acceptors (Lipinski definition) is 5. The molecule has 3 fully saturated rings. The van der Waals surface area contributed by atoms with Crippen LogP contribution in [0.5, 0.6) is 5.88 Å². The number of aromatic nitrogens is 3. The van der Waals surface area contributed by atoms with Gasteiger partial charge in [-0.25, -0.2) is 9.89 Å². The summed E-state index contributed by atoms with van der Waals surface area (Å²) in [5.74, 6) is -0.902. The van der Waals surface area contributed by atoms with E-state index in [1.807, 2.05) is 18.7 Å². The van der Waals surface area contributed by atoms with Gasteiger partial charge in [-0.3, -0.25) is 9.59 Å². The third-order valence-electron chi connectivity index (χ3n) is 6.55. The number of H-pyrrole nitrogens is 1. The van der Waals surface area contributed by atoms with E-state index in [0.29, 0.717) is 36.6 Å². The molecule has 3 N–H and O–H groups in total. The highest BCUT2D eigenvalue weighted by Gasteiger charge is 2.41. The van der Waals surface area contributed by atoms with E-state index in [-0.39, 0.29) is 41.5 Å². The minimum atomic E-state index is -0.622. The number of morpholine rings is 1. The van der Waals surface area contributed by atoms with Gasteiger partial charge in [-0.05, 0) is 38.2 Å². The van der Waals surface area contributed by atoms with Crippen LogP contribution in [0.1, 0.15) is 54.7 Å². The van der Waals surface area contributed by atoms with Crippen molar-refractivity contribution in [1.29, 1.82) is 0 Å². The van der Waals surface area contributed by atoms with Crippen molar-refractivity contribution in [3.05, 3.63) is 33.3 Å². The zero-order chi connectivity index (χ0) is 23.4. The molecule has 2 aromatic heterocycles. The molecule has 2 atom stereocenters. The van der Waals surface area contributed by atoms with Gasteiger partial charge < -0.3 is 20.1 Å². The Morgan fingerprint density at radius 3 is 2.73 bits per heavy atom. The van der Waals surface area contributed by atoms with Gasteiger partial charge in [0.05, 0.1) is 36.6 Å². The molecule has 1 saturated carbocycles. The molecule has 0 spiro atoms. The minimum Gasteiger partial charge on any atom is -0.477 e. The molecule has 2 aliphatic heterocycles. The van der Waals surface area contributed by atoms with E-state index < -0.39 is 11.5 Å². The monoisotopic (exact) mass is 456 g/mol. The molecule has 4 heterocycles. The third kappa shape index (κ3) is 3.82. The number of aromatic hydroxyl groups is 1. The number of fused-ring (bicyclic) bond motifs is 3. The second-order valence-electron chi connectivity index (χ2n) is 9.73. The molecule has 33 heavy (non-hydrogen) atoms. The SMILES string of the molecule is Cc1[nH]n2c(=O)c(C(=O)NC3CC3)c(O)[n+](CC(C)C)c2c1/C=C/C(=O)N1C[C@H]2C[C@@H]1CO2. The van der Waals surface area contributed by atoms with Gasteiger partial charge in [0, 0.05) is 18.7 Å². The third-order valence-corrected chi connectivity index (χ3v) is 6.55. The second kappa shape index (κ2) is 8.02. The maximum atomic E-state index is 13.2. The first-order valence-corrected chi connectivity index (χ1v) is 11.6. The summed E-state index contributed by atoms with van der Waals surface area (Å²) in [6.45, 7) is 7.32. The zero-order valence-corrected chi connectivity index (χ0v) is 19.1. The van der Waals surface area contributed by atoms with Crippen molar-refractivity contribution in [1.82, 2.24) is 19.8 Å². The molecule has 176 valence electrons. The van der Waals surface area contributed by atoms with Crippen LogP contribution in [0, 0.1) is 12.8 Å². The molecule has 2 amide bonds. The van der Waals surface area contributed by atoms with Crippen LogP contribution < -0.4 is 15.4 Å². The fourth-order valence-electron chi connectivity index (χ4n) is 4.77. The predicted molar refractivity (Wildman–Crippen MR) is 119 cm³/mol. The molecule has 5 rings (SSSR count). The van der Waals surface area contributed by atoms with Crippen LogP contribution in [-0.4, -0.2) is 62.8 Å². The molecule has 2 bridgehead atoms. The van der Waals surface area contributed by atoms with Crippen molar-refractivity contribution in [2.24, 2.45) is 5.92 Å². The highest BCUT2D eigenvalue weighted by molar-refractivity contribution is 5.96. The largest absolute Gasteiger partial charge is 0.477 e. The van der Waals surface area contributed by atoms with Crippen LogP contribution >= 0.6 is 0 Å². The van der Waals surface area contributed by atoms with Crippen LogP contribution in [-0.2, 0) is 16.1 Å². The van der Waals surface area contributed by atoms with E-state index in [2.05, 4.69) is 10.4 Å². The lowest BCUT2D eigenvalue weighted by Gasteiger charge is -2.25. The number of carbonyl (C=O) groups is 2. The molecule has 1 aliphatic carbocycles. The van der Waals surface area contributed by atoms with Crippen LogP contribution in [0.2, 0.25) is 0 Å². The first-order valence-electron chi connectivity index (χ1n) is 11.6. The van der Waals surface area contributed by atoms with Crippen molar-refractivity contribution < 1.29 is 24.0 Å². The van der Waals surface area contributed by atoms with Crippen LogP contribution in [0.25, 0.3) is 11.7 Å². The molecular formula is C23H30N5O5+. The maximum absolute atomic E-state index is 13.2. The summed E-state index contributed by atoms with van der Waals surface area (Å²) in [5.41, 5.74) is 0.789. The van der Waals surface area contributed by atoms with Crippen molar-refractivity contribution in [2.75, 3.05) is 13.2 Å². The summed E-state index contributed by atoms with van der Waals surface area (Å²) in [7, 11) is 0. The van der Waals surface area contributed by atoms with Crippen LogP contribution in [0.4, 0.5) is 0 Å². The quantitative estimate of drug-likeness (QED) is 0.432. The van der Waals surface area contributed by atoms with Gasteiger partial charge in [0.1, 0.15) is 0 Å². The van der Waals surface area contributed by atoms with Crippen molar-refractivity contribution in [3.8, 4) is 5.88 Å². The Morgan fingerprint density at radius 1 is 1.36 bits per heavy atom. The number of amides is 2. The Balaban J connectivity index is 1.57. The van der Waals surface area contributed by atoms with Crippen LogP contribution in [0.3, 0.4) is 0 Å². The van der Waals surface area contributed by atoms with Gasteiger partial charge in [-0.15, -0.1) is 0 Å². The summed E-state index contributed by atoms with van der Waals surface area (Å²) in [4.78, 5) is 40.6. The Bertz CT molecular complexity index is 1220. The minimum absolute atomic E-state index is 0.0525. The number of nitrogens with zero attached hydrogens (tertiary/aromatic N) is 3. The number of rotatable bonds is 6. The lowest BCUT2D eigenvalue weighted by atomic mass is 10.1. The number of aromatic amines is 1. The molecule has 10 heteroatoms. The lowest BCUT2D eigenvalue weighted by Crippen LogP contribution is -2.46. The van der Waals surface area contributed by atoms with E-state index in [4.69, 9.17) is 4.74 Å². The normalized spacial score (nSPS) is 22.2. The smallest absolute Gasteiger partial charge is 0.378 e. The van der Waals surface area contributed by atoms with E-state index >= 15 is 0 Å². The first kappa shape index (κ1) is 21.7. The molecule has 0 unspecified atom stereocenters. The number of likely N-dealkylation sites (tertiary alicyclic amines) is 1. The van der Waals surface area contributed by atoms with E-state index in [0.717, 1.165) is 19.3 Å². The Hall–Kier alpha value is -3.14. The fourth-order valence-corrected chi connectivity index (χ4v) is 4.77. The Labute approximate surface area is 190 Å². The van der Waals surface area contributed by atoms with Crippen molar-refractivity contribution in [3.63, 3.8) is 0 Å². The zero-order valence-electron chi connectivity index (χ0n) is 19.1. The molecule has 10 nitrogen and oxygen atoms in total. The molecule has 0 aromatic carbocycles. The standard InChI is InChI=1S/C23H29N5O5/c1-12(2)9-27-21-17(6-7-18(29)26-10-16-8-15(26)11-33-16)13(3)25-28(21)23(32)19(22(27)31)20(30)24-14-4-5-14/h6-7,12,14-16H,4-5,8-11H2,1-3H3,(H2,24,30,31,32)/p+1/b7-6+/t15-,16-/m1/s1. The van der Waals surface area contributed by atoms with Crippen molar-refractivity contribution >= 4 is 23.5 Å². The number of carbonyl (C=O) groups excluding carboxylic acids is 2. The Morgan fingerprint density at radius 2 is 2.12 bits per heavy atom. The average Bonchev–Trinajstić information content (AvgIpc) is 3.17. The molecule has 2 aromatic rings. The van der Waals surface area contributed by atoms with E-state index in [1.54, 1.807) is 17.6 Å². The van der Waals surface area contributed by atoms with E-state index in [9.17, 15) is 19.5 Å². The molecule has 0 radical (unpaired) electrons. The molecule has 3 aliphatic rings. The summed E-state index contributed by atoms with van der Waals surface area (Å²) in [5, 5.41) is 16.8. The molecular weight excluding hydrogens is 426 g/mol. The highest BCUT2D eigenvalue weighted by atomic mass is 16.5.